The number of hydrogen-bond acceptors (Lipinski definition) is 3. The van der Waals surface area contributed by atoms with E-state index in [1.54, 1.807) is 18.4 Å². The minimum absolute atomic E-state index is 0.150. The SMILES string of the molecule is Cn1c(C#N)c(-c2ccccc2)c2cc(-c3ccsc3)ccc2c1=O. The standard InChI is InChI=1S/C21H14N2OS/c1-23-19(12-22)20(14-5-3-2-4-6-14)18-11-15(16-9-10-25-13-16)7-8-17(18)21(23)24/h2-11,13H,1H3. The first-order chi connectivity index (χ1) is 12.2. The van der Waals surface area contributed by atoms with Gasteiger partial charge in [0.15, 0.2) is 0 Å². The lowest BCUT2D eigenvalue weighted by Gasteiger charge is -2.14. The Morgan fingerprint density at radius 2 is 1.76 bits per heavy atom. The molecule has 0 aliphatic heterocycles. The van der Waals surface area contributed by atoms with Crippen LogP contribution in [0.5, 0.6) is 0 Å². The quantitative estimate of drug-likeness (QED) is 0.525. The van der Waals surface area contributed by atoms with E-state index in [1.165, 1.54) is 4.57 Å². The van der Waals surface area contributed by atoms with Crippen molar-refractivity contribution in [2.45, 2.75) is 0 Å². The van der Waals surface area contributed by atoms with E-state index in [0.717, 1.165) is 27.6 Å². The number of aromatic nitrogens is 1. The van der Waals surface area contributed by atoms with Gasteiger partial charge in [0.2, 0.25) is 0 Å². The molecule has 0 saturated carbocycles. The van der Waals surface area contributed by atoms with Crippen LogP contribution in [-0.2, 0) is 7.05 Å². The summed E-state index contributed by atoms with van der Waals surface area (Å²) < 4.78 is 1.44. The lowest BCUT2D eigenvalue weighted by molar-refractivity contribution is 0.856. The van der Waals surface area contributed by atoms with Crippen LogP contribution in [0, 0.1) is 11.3 Å². The van der Waals surface area contributed by atoms with Gasteiger partial charge in [-0.25, -0.2) is 0 Å². The van der Waals surface area contributed by atoms with Crippen molar-refractivity contribution in [2.24, 2.45) is 7.05 Å². The van der Waals surface area contributed by atoms with Crippen LogP contribution in [0.4, 0.5) is 0 Å². The Morgan fingerprint density at radius 1 is 0.960 bits per heavy atom. The molecule has 120 valence electrons. The van der Waals surface area contributed by atoms with Crippen LogP contribution >= 0.6 is 11.3 Å². The van der Waals surface area contributed by atoms with Crippen LogP contribution in [0.25, 0.3) is 33.0 Å². The number of nitrogens with zero attached hydrogens (tertiary/aromatic N) is 2. The number of fused-ring (bicyclic) bond motifs is 1. The van der Waals surface area contributed by atoms with E-state index in [2.05, 4.69) is 17.5 Å². The van der Waals surface area contributed by atoms with Crippen LogP contribution < -0.4 is 5.56 Å². The van der Waals surface area contributed by atoms with Crippen molar-refractivity contribution in [3.05, 3.63) is 81.4 Å². The maximum absolute atomic E-state index is 12.7. The number of nitriles is 1. The number of pyridine rings is 1. The molecule has 0 amide bonds. The summed E-state index contributed by atoms with van der Waals surface area (Å²) in [5.74, 6) is 0. The molecule has 0 radical (unpaired) electrons. The zero-order chi connectivity index (χ0) is 17.4. The van der Waals surface area contributed by atoms with E-state index in [-0.39, 0.29) is 5.56 Å². The molecule has 2 heterocycles. The van der Waals surface area contributed by atoms with Gasteiger partial charge in [-0.2, -0.15) is 16.6 Å². The molecule has 2 aromatic heterocycles. The van der Waals surface area contributed by atoms with Gasteiger partial charge in [0.05, 0.1) is 0 Å². The van der Waals surface area contributed by atoms with E-state index in [1.807, 2.05) is 53.9 Å². The highest BCUT2D eigenvalue weighted by atomic mass is 32.1. The van der Waals surface area contributed by atoms with Crippen molar-refractivity contribution in [3.8, 4) is 28.3 Å². The largest absolute Gasteiger partial charge is 0.302 e. The van der Waals surface area contributed by atoms with Crippen molar-refractivity contribution < 1.29 is 0 Å². The van der Waals surface area contributed by atoms with Crippen molar-refractivity contribution >= 4 is 22.1 Å². The highest BCUT2D eigenvalue weighted by Crippen LogP contribution is 2.33. The van der Waals surface area contributed by atoms with E-state index in [4.69, 9.17) is 0 Å². The molecule has 4 aromatic rings. The fraction of sp³-hybridized carbons (Fsp3) is 0.0476. The molecule has 0 saturated heterocycles. The van der Waals surface area contributed by atoms with Gasteiger partial charge in [0.25, 0.3) is 5.56 Å². The number of thiophene rings is 1. The van der Waals surface area contributed by atoms with E-state index < -0.39 is 0 Å². The lowest BCUT2D eigenvalue weighted by atomic mass is 9.95. The molecule has 0 fully saturated rings. The van der Waals surface area contributed by atoms with Gasteiger partial charge in [-0.1, -0.05) is 36.4 Å². The van der Waals surface area contributed by atoms with Crippen molar-refractivity contribution in [1.29, 1.82) is 5.26 Å². The maximum Gasteiger partial charge on any atom is 0.259 e. The van der Waals surface area contributed by atoms with Gasteiger partial charge in [0, 0.05) is 18.0 Å². The number of benzene rings is 2. The first-order valence-electron chi connectivity index (χ1n) is 7.85. The third-order valence-corrected chi connectivity index (χ3v) is 5.10. The van der Waals surface area contributed by atoms with E-state index >= 15 is 0 Å². The van der Waals surface area contributed by atoms with Crippen LogP contribution in [0.15, 0.2) is 70.2 Å². The third kappa shape index (κ3) is 2.46. The van der Waals surface area contributed by atoms with Gasteiger partial charge in [-0.3, -0.25) is 4.79 Å². The maximum atomic E-state index is 12.7. The smallest absolute Gasteiger partial charge is 0.259 e. The fourth-order valence-electron chi connectivity index (χ4n) is 3.15. The molecule has 3 nitrogen and oxygen atoms in total. The minimum atomic E-state index is -0.150. The Morgan fingerprint density at radius 3 is 2.44 bits per heavy atom. The van der Waals surface area contributed by atoms with E-state index in [9.17, 15) is 10.1 Å². The summed E-state index contributed by atoms with van der Waals surface area (Å²) in [6, 6.07) is 19.9. The molecular formula is C21H14N2OS. The van der Waals surface area contributed by atoms with Crippen LogP contribution in [0.2, 0.25) is 0 Å². The molecule has 2 aromatic carbocycles. The summed E-state index contributed by atoms with van der Waals surface area (Å²) in [6.45, 7) is 0. The van der Waals surface area contributed by atoms with Gasteiger partial charge < -0.3 is 4.57 Å². The molecule has 0 unspecified atom stereocenters. The molecule has 0 aliphatic rings. The first-order valence-corrected chi connectivity index (χ1v) is 8.80. The molecule has 4 heteroatoms. The van der Waals surface area contributed by atoms with Crippen LogP contribution in [0.1, 0.15) is 5.69 Å². The first kappa shape index (κ1) is 15.4. The normalized spacial score (nSPS) is 10.7. The summed E-state index contributed by atoms with van der Waals surface area (Å²) in [4.78, 5) is 12.7. The molecule has 0 aliphatic carbocycles. The van der Waals surface area contributed by atoms with Crippen LogP contribution in [0.3, 0.4) is 0 Å². The highest BCUT2D eigenvalue weighted by Gasteiger charge is 2.16. The molecule has 0 atom stereocenters. The average Bonchev–Trinajstić information content (AvgIpc) is 3.19. The summed E-state index contributed by atoms with van der Waals surface area (Å²) in [5, 5.41) is 15.2. The third-order valence-electron chi connectivity index (χ3n) is 4.42. The van der Waals surface area contributed by atoms with Crippen LogP contribution in [-0.4, -0.2) is 4.57 Å². The minimum Gasteiger partial charge on any atom is -0.302 e. The number of hydrogen-bond donors (Lipinski definition) is 0. The van der Waals surface area contributed by atoms with Gasteiger partial charge in [0.1, 0.15) is 11.8 Å². The fourth-order valence-corrected chi connectivity index (χ4v) is 3.82. The summed E-state index contributed by atoms with van der Waals surface area (Å²) in [7, 11) is 1.65. The summed E-state index contributed by atoms with van der Waals surface area (Å²) in [6.07, 6.45) is 0. The molecular weight excluding hydrogens is 328 g/mol. The molecule has 0 bridgehead atoms. The topological polar surface area (TPSA) is 45.8 Å². The number of rotatable bonds is 2. The van der Waals surface area contributed by atoms with Crippen molar-refractivity contribution in [2.75, 3.05) is 0 Å². The predicted molar refractivity (Wildman–Crippen MR) is 103 cm³/mol. The van der Waals surface area contributed by atoms with Gasteiger partial charge in [-0.05, 0) is 51.0 Å². The van der Waals surface area contributed by atoms with E-state index in [0.29, 0.717) is 11.1 Å². The Hall–Kier alpha value is -3.16. The lowest BCUT2D eigenvalue weighted by Crippen LogP contribution is -2.20. The molecule has 0 spiro atoms. The second kappa shape index (κ2) is 6.04. The Bertz CT molecular complexity index is 1170. The molecule has 0 N–H and O–H groups in total. The summed E-state index contributed by atoms with van der Waals surface area (Å²) >= 11 is 1.64. The Labute approximate surface area is 149 Å². The average molecular weight is 342 g/mol. The molecule has 25 heavy (non-hydrogen) atoms. The Balaban J connectivity index is 2.16. The van der Waals surface area contributed by atoms with Crippen molar-refractivity contribution in [1.82, 2.24) is 4.57 Å². The monoisotopic (exact) mass is 342 g/mol. The van der Waals surface area contributed by atoms with Gasteiger partial charge in [-0.15, -0.1) is 0 Å². The second-order valence-electron chi connectivity index (χ2n) is 5.84. The molecule has 4 rings (SSSR count). The van der Waals surface area contributed by atoms with Gasteiger partial charge >= 0.3 is 0 Å². The van der Waals surface area contributed by atoms with Crippen molar-refractivity contribution in [3.63, 3.8) is 0 Å². The highest BCUT2D eigenvalue weighted by molar-refractivity contribution is 7.08. The second-order valence-corrected chi connectivity index (χ2v) is 6.62. The Kier molecular flexibility index (Phi) is 3.72. The summed E-state index contributed by atoms with van der Waals surface area (Å²) in [5.41, 5.74) is 4.13. The zero-order valence-electron chi connectivity index (χ0n) is 13.6. The zero-order valence-corrected chi connectivity index (χ0v) is 14.4. The predicted octanol–water partition coefficient (Wildman–Crippen LogP) is 4.81.